The molecule has 0 unspecified atom stereocenters. The summed E-state index contributed by atoms with van der Waals surface area (Å²) in [5.41, 5.74) is 3.43. The summed E-state index contributed by atoms with van der Waals surface area (Å²) in [6.45, 7) is 7.30. The predicted molar refractivity (Wildman–Crippen MR) is 129 cm³/mol. The van der Waals surface area contributed by atoms with Crippen LogP contribution in [0.4, 0.5) is 0 Å². The number of ether oxygens (including phenoxy) is 4. The highest BCUT2D eigenvalue weighted by molar-refractivity contribution is 7.12. The zero-order valence-electron chi connectivity index (χ0n) is 18.8. The zero-order valence-corrected chi connectivity index (χ0v) is 19.6. The molecule has 2 heterocycles. The Hall–Kier alpha value is -3.58. The Morgan fingerprint density at radius 1 is 0.970 bits per heavy atom. The Bertz CT molecular complexity index is 1200. The van der Waals surface area contributed by atoms with Gasteiger partial charge in [0.15, 0.2) is 17.2 Å². The third kappa shape index (κ3) is 5.62. The van der Waals surface area contributed by atoms with Crippen LogP contribution in [0.3, 0.4) is 0 Å². The van der Waals surface area contributed by atoms with Crippen LogP contribution in [-0.2, 0) is 9.53 Å². The van der Waals surface area contributed by atoms with E-state index in [1.807, 2.05) is 60.8 Å². The fraction of sp³-hybridized carbons (Fsp3) is 0.231. The van der Waals surface area contributed by atoms with Gasteiger partial charge in [-0.25, -0.2) is 9.79 Å². The van der Waals surface area contributed by atoms with E-state index < -0.39 is 5.97 Å². The number of esters is 1. The van der Waals surface area contributed by atoms with Gasteiger partial charge in [0.1, 0.15) is 19.0 Å². The van der Waals surface area contributed by atoms with Crippen molar-refractivity contribution in [1.82, 2.24) is 0 Å². The van der Waals surface area contributed by atoms with Crippen molar-refractivity contribution in [2.24, 2.45) is 4.99 Å². The van der Waals surface area contributed by atoms with Crippen molar-refractivity contribution in [2.45, 2.75) is 20.8 Å². The van der Waals surface area contributed by atoms with Crippen molar-refractivity contribution in [3.63, 3.8) is 0 Å². The van der Waals surface area contributed by atoms with Gasteiger partial charge in [0.2, 0.25) is 5.90 Å². The molecular weight excluding hydrogens is 438 g/mol. The molecule has 0 spiro atoms. The summed E-state index contributed by atoms with van der Waals surface area (Å²) in [5, 5.41) is 1.91. The predicted octanol–water partition coefficient (Wildman–Crippen LogP) is 5.57. The number of cyclic esters (lactones) is 1. The third-order valence-corrected chi connectivity index (χ3v) is 5.87. The highest BCUT2D eigenvalue weighted by Crippen LogP contribution is 2.30. The van der Waals surface area contributed by atoms with Gasteiger partial charge in [-0.3, -0.25) is 0 Å². The number of aryl methyl sites for hydroxylation is 2. The maximum absolute atomic E-state index is 12.2. The minimum atomic E-state index is -0.472. The highest BCUT2D eigenvalue weighted by atomic mass is 32.1. The number of carbonyl (C=O) groups is 1. The van der Waals surface area contributed by atoms with E-state index in [-0.39, 0.29) is 5.70 Å². The molecule has 2 aromatic carbocycles. The lowest BCUT2D eigenvalue weighted by Crippen LogP contribution is -2.10. The molecule has 0 saturated heterocycles. The Morgan fingerprint density at radius 2 is 1.82 bits per heavy atom. The first-order valence-corrected chi connectivity index (χ1v) is 11.6. The fourth-order valence-electron chi connectivity index (χ4n) is 3.19. The maximum atomic E-state index is 12.2. The molecule has 0 aliphatic carbocycles. The minimum absolute atomic E-state index is 0.247. The van der Waals surface area contributed by atoms with Crippen LogP contribution in [0, 0.1) is 13.8 Å². The molecule has 0 saturated carbocycles. The van der Waals surface area contributed by atoms with E-state index in [0.29, 0.717) is 37.2 Å². The normalized spacial score (nSPS) is 14.2. The molecule has 7 heteroatoms. The summed E-state index contributed by atoms with van der Waals surface area (Å²) < 4.78 is 22.7. The van der Waals surface area contributed by atoms with Crippen LogP contribution < -0.4 is 14.2 Å². The van der Waals surface area contributed by atoms with Gasteiger partial charge in [-0.05, 0) is 79.2 Å². The smallest absolute Gasteiger partial charge is 0.363 e. The highest BCUT2D eigenvalue weighted by Gasteiger charge is 2.24. The van der Waals surface area contributed by atoms with Gasteiger partial charge in [-0.1, -0.05) is 18.2 Å². The van der Waals surface area contributed by atoms with Gasteiger partial charge in [0.25, 0.3) is 0 Å². The lowest BCUT2D eigenvalue weighted by molar-refractivity contribution is -0.129. The average molecular weight is 464 g/mol. The number of aliphatic imine (C=N–C) groups is 1. The molecule has 170 valence electrons. The zero-order chi connectivity index (χ0) is 23.2. The molecule has 0 bridgehead atoms. The van der Waals surface area contributed by atoms with Crippen LogP contribution in [0.5, 0.6) is 17.2 Å². The number of rotatable bonds is 9. The van der Waals surface area contributed by atoms with Crippen LogP contribution in [0.25, 0.3) is 6.08 Å². The molecule has 33 heavy (non-hydrogen) atoms. The largest absolute Gasteiger partial charge is 0.490 e. The van der Waals surface area contributed by atoms with E-state index >= 15 is 0 Å². The van der Waals surface area contributed by atoms with Crippen LogP contribution in [0.2, 0.25) is 0 Å². The number of benzene rings is 2. The second kappa shape index (κ2) is 10.4. The van der Waals surface area contributed by atoms with E-state index in [4.69, 9.17) is 18.9 Å². The summed E-state index contributed by atoms with van der Waals surface area (Å²) in [6, 6.07) is 15.3. The molecule has 0 N–H and O–H groups in total. The van der Waals surface area contributed by atoms with Crippen molar-refractivity contribution >= 4 is 29.3 Å². The second-order valence-corrected chi connectivity index (χ2v) is 8.34. The van der Waals surface area contributed by atoms with Crippen molar-refractivity contribution in [2.75, 3.05) is 19.8 Å². The molecule has 1 aliphatic rings. The monoisotopic (exact) mass is 463 g/mol. The Kier molecular flexibility index (Phi) is 7.10. The van der Waals surface area contributed by atoms with Gasteiger partial charge < -0.3 is 18.9 Å². The van der Waals surface area contributed by atoms with Crippen LogP contribution in [0.15, 0.2) is 64.6 Å². The third-order valence-electron chi connectivity index (χ3n) is 5.01. The molecule has 4 rings (SSSR count). The number of hydrogen-bond acceptors (Lipinski definition) is 7. The first kappa shape index (κ1) is 22.6. The van der Waals surface area contributed by atoms with Crippen molar-refractivity contribution < 1.29 is 23.7 Å². The molecule has 0 radical (unpaired) electrons. The van der Waals surface area contributed by atoms with Crippen molar-refractivity contribution in [1.29, 1.82) is 0 Å². The molecule has 6 nitrogen and oxygen atoms in total. The quantitative estimate of drug-likeness (QED) is 0.236. The molecule has 0 atom stereocenters. The Balaban J connectivity index is 1.42. The van der Waals surface area contributed by atoms with E-state index in [1.54, 1.807) is 6.08 Å². The van der Waals surface area contributed by atoms with Crippen LogP contribution in [-0.4, -0.2) is 31.7 Å². The lowest BCUT2D eigenvalue weighted by atomic mass is 10.1. The molecule has 0 amide bonds. The summed E-state index contributed by atoms with van der Waals surface area (Å²) in [5.74, 6) is 1.88. The van der Waals surface area contributed by atoms with Crippen LogP contribution >= 0.6 is 11.3 Å². The molecule has 1 aromatic heterocycles. The van der Waals surface area contributed by atoms with Gasteiger partial charge in [-0.2, -0.15) is 0 Å². The minimum Gasteiger partial charge on any atom is -0.490 e. The molecule has 1 aliphatic heterocycles. The van der Waals surface area contributed by atoms with E-state index in [0.717, 1.165) is 16.2 Å². The van der Waals surface area contributed by atoms with E-state index in [9.17, 15) is 4.79 Å². The lowest BCUT2D eigenvalue weighted by Gasteiger charge is -2.13. The van der Waals surface area contributed by atoms with E-state index in [2.05, 4.69) is 18.8 Å². The second-order valence-electron chi connectivity index (χ2n) is 7.40. The Labute approximate surface area is 197 Å². The van der Waals surface area contributed by atoms with E-state index in [1.165, 1.54) is 22.5 Å². The number of nitrogens with zero attached hydrogens (tertiary/aromatic N) is 1. The first-order valence-electron chi connectivity index (χ1n) is 10.7. The SMILES string of the molecule is CCOc1cc(/C=C2/N=C(c3cccs3)OC2=O)ccc1OCCOc1ccc(C)c(C)c1. The molecule has 3 aromatic rings. The standard InChI is InChI=1S/C26H25NO5S/c1-4-29-23-16-19(15-21-26(28)32-25(27-21)24-6-5-13-33-24)8-10-22(23)31-12-11-30-20-9-7-17(2)18(3)14-20/h5-10,13-16H,4,11-12H2,1-3H3/b21-15+. The Morgan fingerprint density at radius 3 is 2.58 bits per heavy atom. The number of thiophene rings is 1. The topological polar surface area (TPSA) is 66.4 Å². The van der Waals surface area contributed by atoms with Crippen molar-refractivity contribution in [3.8, 4) is 17.2 Å². The van der Waals surface area contributed by atoms with Crippen molar-refractivity contribution in [3.05, 3.63) is 81.2 Å². The summed E-state index contributed by atoms with van der Waals surface area (Å²) >= 11 is 1.47. The number of hydrogen-bond donors (Lipinski definition) is 0. The fourth-order valence-corrected chi connectivity index (χ4v) is 3.84. The van der Waals surface area contributed by atoms with Gasteiger partial charge in [0, 0.05) is 0 Å². The molecule has 0 fully saturated rings. The summed E-state index contributed by atoms with van der Waals surface area (Å²) in [4.78, 5) is 17.4. The average Bonchev–Trinajstić information content (AvgIpc) is 3.45. The van der Waals surface area contributed by atoms with Gasteiger partial charge in [0.05, 0.1) is 11.5 Å². The first-order chi connectivity index (χ1) is 16.0. The number of carbonyl (C=O) groups excluding carboxylic acids is 1. The molecular formula is C26H25NO5S. The van der Waals surface area contributed by atoms with Crippen LogP contribution in [0.1, 0.15) is 28.5 Å². The summed E-state index contributed by atoms with van der Waals surface area (Å²) in [6.07, 6.45) is 1.68. The van der Waals surface area contributed by atoms with Gasteiger partial charge in [-0.15, -0.1) is 11.3 Å². The van der Waals surface area contributed by atoms with Gasteiger partial charge >= 0.3 is 5.97 Å². The summed E-state index contributed by atoms with van der Waals surface area (Å²) in [7, 11) is 0. The maximum Gasteiger partial charge on any atom is 0.363 e.